The summed E-state index contributed by atoms with van der Waals surface area (Å²) in [5.74, 6) is 0.000763. The fraction of sp³-hybridized carbons (Fsp3) is 0.118. The second kappa shape index (κ2) is 5.57. The first-order chi connectivity index (χ1) is 11.0. The van der Waals surface area contributed by atoms with Gasteiger partial charge in [0.1, 0.15) is 28.2 Å². The van der Waals surface area contributed by atoms with Gasteiger partial charge in [0.2, 0.25) is 0 Å². The maximum atomic E-state index is 11.6. The number of ether oxygens (including phenoxy) is 1. The molecule has 0 bridgehead atoms. The first-order valence-corrected chi connectivity index (χ1v) is 6.99. The number of carbonyl (C=O) groups excluding carboxylic acids is 1. The van der Waals surface area contributed by atoms with Gasteiger partial charge in [-0.05, 0) is 37.6 Å². The molecule has 0 aliphatic heterocycles. The summed E-state index contributed by atoms with van der Waals surface area (Å²) in [5, 5.41) is 18.8. The number of aromatic nitrogens is 3. The minimum atomic E-state index is -0.493. The number of phenolic OH excluding ortho intramolecular Hbond substituents is 1. The van der Waals surface area contributed by atoms with Gasteiger partial charge in [0.05, 0.1) is 0 Å². The van der Waals surface area contributed by atoms with Gasteiger partial charge in [0, 0.05) is 11.6 Å². The molecule has 0 aliphatic carbocycles. The van der Waals surface area contributed by atoms with Crippen molar-refractivity contribution in [2.45, 2.75) is 13.8 Å². The number of hydrogen-bond acceptors (Lipinski definition) is 5. The maximum Gasteiger partial charge on any atom is 0.338 e. The Hall–Kier alpha value is -3.15. The van der Waals surface area contributed by atoms with Gasteiger partial charge in [-0.3, -0.25) is 0 Å². The van der Waals surface area contributed by atoms with E-state index < -0.39 is 5.97 Å². The number of fused-ring (bicyclic) bond motifs is 1. The molecule has 6 heteroatoms. The molecule has 1 heterocycles. The van der Waals surface area contributed by atoms with Crippen LogP contribution in [0, 0.1) is 6.92 Å². The number of phenols is 1. The normalized spacial score (nSPS) is 10.7. The first kappa shape index (κ1) is 14.8. The molecule has 0 saturated carbocycles. The molecule has 0 unspecified atom stereocenters. The van der Waals surface area contributed by atoms with E-state index in [1.807, 2.05) is 6.07 Å². The molecule has 0 spiro atoms. The Morgan fingerprint density at radius 3 is 2.70 bits per heavy atom. The van der Waals surface area contributed by atoms with Gasteiger partial charge in [0.25, 0.3) is 0 Å². The van der Waals surface area contributed by atoms with Crippen molar-refractivity contribution < 1.29 is 14.6 Å². The third-order valence-electron chi connectivity index (χ3n) is 3.34. The molecule has 116 valence electrons. The largest absolute Gasteiger partial charge is 0.505 e. The Morgan fingerprint density at radius 2 is 1.96 bits per heavy atom. The highest BCUT2D eigenvalue weighted by Gasteiger charge is 2.12. The summed E-state index contributed by atoms with van der Waals surface area (Å²) in [6.07, 6.45) is 0. The van der Waals surface area contributed by atoms with Gasteiger partial charge in [-0.1, -0.05) is 18.7 Å². The summed E-state index contributed by atoms with van der Waals surface area (Å²) < 4.78 is 5.18. The number of hydrogen-bond donors (Lipinski definition) is 1. The molecule has 6 nitrogen and oxygen atoms in total. The summed E-state index contributed by atoms with van der Waals surface area (Å²) in [6, 6.07) is 10.3. The van der Waals surface area contributed by atoms with Crippen LogP contribution in [0.3, 0.4) is 0 Å². The molecule has 1 aromatic heterocycles. The van der Waals surface area contributed by atoms with E-state index in [0.717, 1.165) is 5.56 Å². The Morgan fingerprint density at radius 1 is 1.22 bits per heavy atom. The zero-order valence-electron chi connectivity index (χ0n) is 12.8. The van der Waals surface area contributed by atoms with Crippen LogP contribution in [-0.2, 0) is 4.79 Å². The number of carbonyl (C=O) groups is 1. The lowest BCUT2D eigenvalue weighted by molar-refractivity contribution is -0.130. The van der Waals surface area contributed by atoms with E-state index in [0.29, 0.717) is 28.0 Å². The molecule has 0 amide bonds. The summed E-state index contributed by atoms with van der Waals surface area (Å²) >= 11 is 0. The molecule has 0 fully saturated rings. The van der Waals surface area contributed by atoms with Crippen LogP contribution in [0.25, 0.3) is 16.7 Å². The number of esters is 1. The van der Waals surface area contributed by atoms with Crippen LogP contribution in [0.5, 0.6) is 11.5 Å². The van der Waals surface area contributed by atoms with Gasteiger partial charge < -0.3 is 9.84 Å². The van der Waals surface area contributed by atoms with E-state index >= 15 is 0 Å². The molecule has 3 rings (SSSR count). The Bertz CT molecular complexity index is 928. The number of benzene rings is 2. The van der Waals surface area contributed by atoms with E-state index in [1.165, 1.54) is 4.80 Å². The zero-order valence-corrected chi connectivity index (χ0v) is 12.8. The van der Waals surface area contributed by atoms with Crippen LogP contribution in [-0.4, -0.2) is 26.1 Å². The molecule has 0 saturated heterocycles. The number of nitrogens with zero attached hydrogens (tertiary/aromatic N) is 3. The zero-order chi connectivity index (χ0) is 16.6. The topological polar surface area (TPSA) is 77.2 Å². The summed E-state index contributed by atoms with van der Waals surface area (Å²) in [6.45, 7) is 6.92. The maximum absolute atomic E-state index is 11.6. The third kappa shape index (κ3) is 2.78. The number of para-hydroxylation sites is 1. The van der Waals surface area contributed by atoms with E-state index in [9.17, 15) is 9.90 Å². The highest BCUT2D eigenvalue weighted by molar-refractivity contribution is 5.89. The SMILES string of the molecule is C=C(C)C(=O)Oc1ccc2nn(-c3cccc(C)c3O)nc2c1. The third-order valence-corrected chi connectivity index (χ3v) is 3.34. The predicted molar refractivity (Wildman–Crippen MR) is 85.7 cm³/mol. The number of aryl methyl sites for hydroxylation is 1. The number of rotatable bonds is 3. The number of aromatic hydroxyl groups is 1. The van der Waals surface area contributed by atoms with Gasteiger partial charge in [0.15, 0.2) is 0 Å². The van der Waals surface area contributed by atoms with Crippen LogP contribution in [0.15, 0.2) is 48.6 Å². The van der Waals surface area contributed by atoms with Gasteiger partial charge in [-0.2, -0.15) is 0 Å². The molecular formula is C17H15N3O3. The summed E-state index contributed by atoms with van der Waals surface area (Å²) in [5.41, 5.74) is 2.72. The quantitative estimate of drug-likeness (QED) is 0.457. The lowest BCUT2D eigenvalue weighted by atomic mass is 10.2. The standard InChI is InChI=1S/C17H15N3O3/c1-10(2)17(22)23-12-7-8-13-14(9-12)19-20(18-13)15-6-4-5-11(3)16(15)21/h4-9,21H,1H2,2-3H3. The van der Waals surface area contributed by atoms with E-state index in [-0.39, 0.29) is 5.75 Å². The Balaban J connectivity index is 2.01. The monoisotopic (exact) mass is 309 g/mol. The van der Waals surface area contributed by atoms with Crippen molar-refractivity contribution >= 4 is 17.0 Å². The van der Waals surface area contributed by atoms with E-state index in [2.05, 4.69) is 16.8 Å². The molecule has 0 atom stereocenters. The fourth-order valence-corrected chi connectivity index (χ4v) is 2.06. The molecule has 2 aromatic carbocycles. The van der Waals surface area contributed by atoms with Crippen molar-refractivity contribution in [1.29, 1.82) is 0 Å². The van der Waals surface area contributed by atoms with Crippen LogP contribution >= 0.6 is 0 Å². The lowest BCUT2D eigenvalue weighted by Gasteiger charge is -2.04. The second-order valence-electron chi connectivity index (χ2n) is 5.25. The molecule has 0 aliphatic rings. The molecule has 0 radical (unpaired) electrons. The first-order valence-electron chi connectivity index (χ1n) is 6.99. The van der Waals surface area contributed by atoms with Crippen LogP contribution in [0.4, 0.5) is 0 Å². The van der Waals surface area contributed by atoms with Crippen LogP contribution < -0.4 is 4.74 Å². The van der Waals surface area contributed by atoms with Crippen molar-refractivity contribution in [2.24, 2.45) is 0 Å². The predicted octanol–water partition coefficient (Wildman–Crippen LogP) is 2.92. The second-order valence-corrected chi connectivity index (χ2v) is 5.25. The minimum absolute atomic E-state index is 0.127. The van der Waals surface area contributed by atoms with Crippen LogP contribution in [0.1, 0.15) is 12.5 Å². The highest BCUT2D eigenvalue weighted by atomic mass is 16.5. The lowest BCUT2D eigenvalue weighted by Crippen LogP contribution is -2.07. The average molecular weight is 309 g/mol. The molecule has 3 aromatic rings. The molecule has 23 heavy (non-hydrogen) atoms. The van der Waals surface area contributed by atoms with E-state index in [1.54, 1.807) is 44.2 Å². The Kier molecular flexibility index (Phi) is 3.57. The highest BCUT2D eigenvalue weighted by Crippen LogP contribution is 2.26. The van der Waals surface area contributed by atoms with Crippen molar-refractivity contribution in [3.63, 3.8) is 0 Å². The van der Waals surface area contributed by atoms with Gasteiger partial charge in [-0.25, -0.2) is 4.79 Å². The fourth-order valence-electron chi connectivity index (χ4n) is 2.06. The van der Waals surface area contributed by atoms with Crippen molar-refractivity contribution in [2.75, 3.05) is 0 Å². The van der Waals surface area contributed by atoms with Crippen molar-refractivity contribution in [1.82, 2.24) is 15.0 Å². The van der Waals surface area contributed by atoms with Crippen LogP contribution in [0.2, 0.25) is 0 Å². The average Bonchev–Trinajstić information content (AvgIpc) is 2.92. The molecule has 1 N–H and O–H groups in total. The van der Waals surface area contributed by atoms with Crippen molar-refractivity contribution in [3.05, 3.63) is 54.1 Å². The van der Waals surface area contributed by atoms with Gasteiger partial charge >= 0.3 is 5.97 Å². The smallest absolute Gasteiger partial charge is 0.338 e. The van der Waals surface area contributed by atoms with Crippen molar-refractivity contribution in [3.8, 4) is 17.2 Å². The molecular weight excluding hydrogens is 294 g/mol. The summed E-state index contributed by atoms with van der Waals surface area (Å²) in [4.78, 5) is 12.9. The Labute approximate surface area is 132 Å². The van der Waals surface area contributed by atoms with E-state index in [4.69, 9.17) is 4.74 Å². The summed E-state index contributed by atoms with van der Waals surface area (Å²) in [7, 11) is 0. The minimum Gasteiger partial charge on any atom is -0.505 e. The van der Waals surface area contributed by atoms with Gasteiger partial charge in [-0.15, -0.1) is 15.0 Å².